The quantitative estimate of drug-likeness (QED) is 0.323. The molecule has 0 saturated carbocycles. The van der Waals surface area contributed by atoms with Gasteiger partial charge in [-0.1, -0.05) is 50.0 Å². The average molecular weight is 331 g/mol. The van der Waals surface area contributed by atoms with Gasteiger partial charge in [-0.2, -0.15) is 0 Å². The molecule has 1 aromatic carbocycles. The molecule has 1 aromatic rings. The predicted molar refractivity (Wildman–Crippen MR) is 97.2 cm³/mol. The Balaban J connectivity index is 2.32. The first kappa shape index (κ1) is 20.1. The van der Waals surface area contributed by atoms with Crippen LogP contribution in [0.25, 0.3) is 0 Å². The van der Waals surface area contributed by atoms with Crippen LogP contribution in [0.1, 0.15) is 67.3 Å². The molecule has 0 spiro atoms. The minimum atomic E-state index is -1.03. The highest BCUT2D eigenvalue weighted by Crippen LogP contribution is 2.13. The highest BCUT2D eigenvalue weighted by molar-refractivity contribution is 5.96. The molecule has 24 heavy (non-hydrogen) atoms. The van der Waals surface area contributed by atoms with Crippen LogP contribution in [0.15, 0.2) is 36.9 Å². The SMILES string of the molecule is C=CCCCCCCCCC(=O)c1cccc(C[C@H](N)C(=O)O)c1. The zero-order valence-electron chi connectivity index (χ0n) is 14.4. The van der Waals surface area contributed by atoms with Gasteiger partial charge in [0.1, 0.15) is 6.04 Å². The third-order valence-corrected chi connectivity index (χ3v) is 4.08. The van der Waals surface area contributed by atoms with E-state index in [1.165, 1.54) is 19.3 Å². The van der Waals surface area contributed by atoms with Gasteiger partial charge in [0.15, 0.2) is 5.78 Å². The number of unbranched alkanes of at least 4 members (excludes halogenated alkanes) is 6. The fourth-order valence-electron chi connectivity index (χ4n) is 2.64. The summed E-state index contributed by atoms with van der Waals surface area (Å²) < 4.78 is 0. The third-order valence-electron chi connectivity index (χ3n) is 4.08. The maximum absolute atomic E-state index is 12.2. The van der Waals surface area contributed by atoms with Gasteiger partial charge in [0.25, 0.3) is 0 Å². The maximum atomic E-state index is 12.2. The van der Waals surface area contributed by atoms with Gasteiger partial charge >= 0.3 is 5.97 Å². The summed E-state index contributed by atoms with van der Waals surface area (Å²) in [6.07, 6.45) is 10.6. The van der Waals surface area contributed by atoms with Crippen molar-refractivity contribution >= 4 is 11.8 Å². The van der Waals surface area contributed by atoms with Crippen LogP contribution in [0.2, 0.25) is 0 Å². The van der Waals surface area contributed by atoms with Crippen LogP contribution in [-0.4, -0.2) is 22.9 Å². The molecule has 0 aromatic heterocycles. The maximum Gasteiger partial charge on any atom is 0.320 e. The van der Waals surface area contributed by atoms with E-state index < -0.39 is 12.0 Å². The molecule has 4 heteroatoms. The molecule has 1 atom stereocenters. The number of Topliss-reactive ketones (excluding diaryl/α,β-unsaturated/α-hetero) is 1. The lowest BCUT2D eigenvalue weighted by molar-refractivity contribution is -0.138. The van der Waals surface area contributed by atoms with Crippen molar-refractivity contribution in [3.05, 3.63) is 48.0 Å². The Morgan fingerprint density at radius 3 is 2.46 bits per heavy atom. The summed E-state index contributed by atoms with van der Waals surface area (Å²) in [5, 5.41) is 8.86. The van der Waals surface area contributed by atoms with Gasteiger partial charge in [0.2, 0.25) is 0 Å². The number of rotatable bonds is 13. The molecule has 0 aliphatic heterocycles. The third kappa shape index (κ3) is 8.06. The van der Waals surface area contributed by atoms with E-state index in [0.29, 0.717) is 12.0 Å². The molecular weight excluding hydrogens is 302 g/mol. The van der Waals surface area contributed by atoms with E-state index in [1.54, 1.807) is 18.2 Å². The summed E-state index contributed by atoms with van der Waals surface area (Å²) in [6, 6.07) is 6.21. The lowest BCUT2D eigenvalue weighted by Crippen LogP contribution is -2.32. The van der Waals surface area contributed by atoms with E-state index in [9.17, 15) is 9.59 Å². The molecule has 0 amide bonds. The number of hydrogen-bond donors (Lipinski definition) is 2. The van der Waals surface area contributed by atoms with Crippen molar-refractivity contribution in [2.24, 2.45) is 5.73 Å². The smallest absolute Gasteiger partial charge is 0.320 e. The van der Waals surface area contributed by atoms with Crippen LogP contribution in [0.3, 0.4) is 0 Å². The number of aliphatic carboxylic acids is 1. The Bertz CT molecular complexity index is 539. The fraction of sp³-hybridized carbons (Fsp3) is 0.500. The number of carboxylic acid groups (broad SMARTS) is 1. The summed E-state index contributed by atoms with van der Waals surface area (Å²) in [4.78, 5) is 23.0. The summed E-state index contributed by atoms with van der Waals surface area (Å²) in [5.41, 5.74) is 6.98. The highest BCUT2D eigenvalue weighted by atomic mass is 16.4. The monoisotopic (exact) mass is 331 g/mol. The summed E-state index contributed by atoms with van der Waals surface area (Å²) in [5.74, 6) is -0.910. The second-order valence-corrected chi connectivity index (χ2v) is 6.22. The predicted octanol–water partition coefficient (Wildman–Crippen LogP) is 4.13. The number of nitrogens with two attached hydrogens (primary N) is 1. The van der Waals surface area contributed by atoms with Crippen LogP contribution >= 0.6 is 0 Å². The Morgan fingerprint density at radius 2 is 1.79 bits per heavy atom. The minimum Gasteiger partial charge on any atom is -0.480 e. The average Bonchev–Trinajstić information content (AvgIpc) is 2.57. The molecule has 0 heterocycles. The minimum absolute atomic E-state index is 0.118. The molecule has 3 N–H and O–H groups in total. The van der Waals surface area contributed by atoms with Crippen molar-refractivity contribution in [1.29, 1.82) is 0 Å². The Hall–Kier alpha value is -1.94. The van der Waals surface area contributed by atoms with Crippen molar-refractivity contribution in [3.63, 3.8) is 0 Å². The van der Waals surface area contributed by atoms with Crippen LogP contribution in [-0.2, 0) is 11.2 Å². The normalized spacial score (nSPS) is 11.9. The molecule has 0 unspecified atom stereocenters. The van der Waals surface area contributed by atoms with E-state index >= 15 is 0 Å². The van der Waals surface area contributed by atoms with Crippen molar-refractivity contribution in [2.75, 3.05) is 0 Å². The van der Waals surface area contributed by atoms with Gasteiger partial charge < -0.3 is 10.8 Å². The van der Waals surface area contributed by atoms with Gasteiger partial charge in [0.05, 0.1) is 0 Å². The van der Waals surface area contributed by atoms with E-state index in [4.69, 9.17) is 10.8 Å². The molecule has 1 rings (SSSR count). The Kier molecular flexibility index (Phi) is 9.70. The van der Waals surface area contributed by atoms with Gasteiger partial charge in [-0.25, -0.2) is 0 Å². The topological polar surface area (TPSA) is 80.4 Å². The lowest BCUT2D eigenvalue weighted by Gasteiger charge is -2.08. The number of carbonyl (C=O) groups excluding carboxylic acids is 1. The van der Waals surface area contributed by atoms with Crippen LogP contribution in [0, 0.1) is 0 Å². The molecule has 0 fully saturated rings. The van der Waals surface area contributed by atoms with Gasteiger partial charge in [-0.05, 0) is 37.3 Å². The second-order valence-electron chi connectivity index (χ2n) is 6.22. The number of carbonyl (C=O) groups is 2. The number of ketones is 1. The molecule has 0 aliphatic rings. The Labute approximate surface area is 144 Å². The van der Waals surface area contributed by atoms with Gasteiger partial charge in [-0.15, -0.1) is 6.58 Å². The first-order valence-electron chi connectivity index (χ1n) is 8.76. The zero-order valence-corrected chi connectivity index (χ0v) is 14.4. The first-order valence-corrected chi connectivity index (χ1v) is 8.76. The van der Waals surface area contributed by atoms with E-state index in [2.05, 4.69) is 6.58 Å². The summed E-state index contributed by atoms with van der Waals surface area (Å²) in [6.45, 7) is 3.71. The van der Waals surface area contributed by atoms with Crippen LogP contribution in [0.4, 0.5) is 0 Å². The van der Waals surface area contributed by atoms with E-state index in [-0.39, 0.29) is 12.2 Å². The number of carboxylic acids is 1. The number of allylic oxidation sites excluding steroid dienone is 1. The first-order chi connectivity index (χ1) is 11.5. The summed E-state index contributed by atoms with van der Waals surface area (Å²) in [7, 11) is 0. The lowest BCUT2D eigenvalue weighted by atomic mass is 9.99. The molecule has 0 saturated heterocycles. The van der Waals surface area contributed by atoms with Crippen molar-refractivity contribution in [1.82, 2.24) is 0 Å². The number of hydrogen-bond acceptors (Lipinski definition) is 3. The molecule has 0 bridgehead atoms. The van der Waals surface area contributed by atoms with Gasteiger partial charge in [0, 0.05) is 12.0 Å². The van der Waals surface area contributed by atoms with Crippen LogP contribution in [0.5, 0.6) is 0 Å². The molecular formula is C20H29NO3. The summed E-state index contributed by atoms with van der Waals surface area (Å²) >= 11 is 0. The molecule has 132 valence electrons. The molecule has 0 radical (unpaired) electrons. The number of benzene rings is 1. The Morgan fingerprint density at radius 1 is 1.12 bits per heavy atom. The van der Waals surface area contributed by atoms with Crippen molar-refractivity contribution < 1.29 is 14.7 Å². The van der Waals surface area contributed by atoms with Crippen molar-refractivity contribution in [3.8, 4) is 0 Å². The van der Waals surface area contributed by atoms with E-state index in [0.717, 1.165) is 31.2 Å². The molecule has 4 nitrogen and oxygen atoms in total. The van der Waals surface area contributed by atoms with Gasteiger partial charge in [-0.3, -0.25) is 9.59 Å². The van der Waals surface area contributed by atoms with Crippen molar-refractivity contribution in [2.45, 2.75) is 63.8 Å². The standard InChI is InChI=1S/C20H29NO3/c1-2-3-4-5-6-7-8-9-13-19(22)17-12-10-11-16(14-17)15-18(21)20(23)24/h2,10-12,14,18H,1,3-9,13,15,21H2,(H,23,24)/t18-/m0/s1. The second kappa shape index (κ2) is 11.6. The van der Waals surface area contributed by atoms with Crippen LogP contribution < -0.4 is 5.73 Å². The largest absolute Gasteiger partial charge is 0.480 e. The molecule has 0 aliphatic carbocycles. The fourth-order valence-corrected chi connectivity index (χ4v) is 2.64. The highest BCUT2D eigenvalue weighted by Gasteiger charge is 2.13. The van der Waals surface area contributed by atoms with E-state index in [1.807, 2.05) is 12.1 Å². The zero-order chi connectivity index (χ0) is 17.8.